The molecule has 0 radical (unpaired) electrons. The van der Waals surface area contributed by atoms with Gasteiger partial charge in [-0.25, -0.2) is 4.39 Å². The second-order valence-electron chi connectivity index (χ2n) is 4.28. The SMILES string of the molecule is CNC(COc1cccc(Cl)c1)c1cc(F)ccc1Cl. The van der Waals surface area contributed by atoms with Crippen molar-refractivity contribution in [3.63, 3.8) is 0 Å². The summed E-state index contributed by atoms with van der Waals surface area (Å²) in [6.07, 6.45) is 0. The standard InChI is InChI=1S/C15H14Cl2FNO/c1-19-15(13-8-11(18)5-6-14(13)17)9-20-12-4-2-3-10(16)7-12/h2-8,15,19H,9H2,1H3. The molecule has 2 aromatic carbocycles. The number of halogens is 3. The van der Waals surface area contributed by atoms with Crippen LogP contribution in [0.2, 0.25) is 10.0 Å². The Kier molecular flexibility index (Phi) is 5.24. The van der Waals surface area contributed by atoms with Gasteiger partial charge in [-0.1, -0.05) is 29.3 Å². The van der Waals surface area contributed by atoms with Gasteiger partial charge in [-0.15, -0.1) is 0 Å². The lowest BCUT2D eigenvalue weighted by molar-refractivity contribution is 0.273. The highest BCUT2D eigenvalue weighted by atomic mass is 35.5. The fourth-order valence-electron chi connectivity index (χ4n) is 1.85. The molecular weight excluding hydrogens is 300 g/mol. The molecule has 0 amide bonds. The normalized spacial score (nSPS) is 12.2. The number of nitrogens with one attached hydrogen (secondary N) is 1. The monoisotopic (exact) mass is 313 g/mol. The van der Waals surface area contributed by atoms with Gasteiger partial charge in [0.15, 0.2) is 0 Å². The summed E-state index contributed by atoms with van der Waals surface area (Å²) >= 11 is 12.0. The molecular formula is C15H14Cl2FNO. The van der Waals surface area contributed by atoms with Crippen LogP contribution in [-0.2, 0) is 0 Å². The van der Waals surface area contributed by atoms with E-state index in [1.807, 2.05) is 6.07 Å². The van der Waals surface area contributed by atoms with E-state index in [0.717, 1.165) is 0 Å². The highest BCUT2D eigenvalue weighted by molar-refractivity contribution is 6.31. The molecule has 0 spiro atoms. The summed E-state index contributed by atoms with van der Waals surface area (Å²) in [6, 6.07) is 11.2. The minimum absolute atomic E-state index is 0.211. The van der Waals surface area contributed by atoms with Crippen molar-refractivity contribution >= 4 is 23.2 Å². The van der Waals surface area contributed by atoms with Gasteiger partial charge in [0, 0.05) is 10.0 Å². The molecule has 20 heavy (non-hydrogen) atoms. The lowest BCUT2D eigenvalue weighted by Gasteiger charge is -2.19. The molecule has 1 atom stereocenters. The molecule has 106 valence electrons. The number of likely N-dealkylation sites (N-methyl/N-ethyl adjacent to an activating group) is 1. The van der Waals surface area contributed by atoms with Crippen molar-refractivity contribution < 1.29 is 9.13 Å². The third kappa shape index (κ3) is 3.85. The van der Waals surface area contributed by atoms with E-state index in [4.69, 9.17) is 27.9 Å². The molecule has 1 N–H and O–H groups in total. The van der Waals surface area contributed by atoms with Gasteiger partial charge in [-0.3, -0.25) is 0 Å². The smallest absolute Gasteiger partial charge is 0.123 e. The first-order chi connectivity index (χ1) is 9.60. The van der Waals surface area contributed by atoms with Crippen molar-refractivity contribution in [3.05, 3.63) is 63.9 Å². The predicted octanol–water partition coefficient (Wildman–Crippen LogP) is 4.47. The van der Waals surface area contributed by atoms with Crippen molar-refractivity contribution in [2.75, 3.05) is 13.7 Å². The molecule has 0 aromatic heterocycles. The first-order valence-electron chi connectivity index (χ1n) is 6.10. The van der Waals surface area contributed by atoms with E-state index >= 15 is 0 Å². The Balaban J connectivity index is 2.11. The second kappa shape index (κ2) is 6.93. The third-order valence-corrected chi connectivity index (χ3v) is 3.47. The summed E-state index contributed by atoms with van der Waals surface area (Å²) in [5.41, 5.74) is 0.663. The van der Waals surface area contributed by atoms with Gasteiger partial charge in [-0.05, 0) is 49.0 Å². The van der Waals surface area contributed by atoms with Gasteiger partial charge in [0.1, 0.15) is 18.2 Å². The summed E-state index contributed by atoms with van der Waals surface area (Å²) < 4.78 is 19.0. The largest absolute Gasteiger partial charge is 0.492 e. The Bertz CT molecular complexity index is 592. The molecule has 2 aromatic rings. The number of hydrogen-bond donors (Lipinski definition) is 1. The van der Waals surface area contributed by atoms with E-state index in [-0.39, 0.29) is 11.9 Å². The zero-order valence-electron chi connectivity index (χ0n) is 10.9. The van der Waals surface area contributed by atoms with Crippen LogP contribution in [0.4, 0.5) is 4.39 Å². The molecule has 2 nitrogen and oxygen atoms in total. The van der Waals surface area contributed by atoms with E-state index in [1.165, 1.54) is 18.2 Å². The lowest BCUT2D eigenvalue weighted by atomic mass is 10.1. The molecule has 2 rings (SSSR count). The summed E-state index contributed by atoms with van der Waals surface area (Å²) in [5.74, 6) is 0.331. The van der Waals surface area contributed by atoms with Crippen LogP contribution in [0.25, 0.3) is 0 Å². The van der Waals surface area contributed by atoms with Crippen LogP contribution in [0.1, 0.15) is 11.6 Å². The van der Waals surface area contributed by atoms with E-state index in [9.17, 15) is 4.39 Å². The van der Waals surface area contributed by atoms with Gasteiger partial charge in [0.25, 0.3) is 0 Å². The summed E-state index contributed by atoms with van der Waals surface area (Å²) in [4.78, 5) is 0. The maximum Gasteiger partial charge on any atom is 0.123 e. The Labute approximate surface area is 127 Å². The second-order valence-corrected chi connectivity index (χ2v) is 5.12. The Morgan fingerprint density at radius 1 is 1.20 bits per heavy atom. The molecule has 0 heterocycles. The average molecular weight is 314 g/mol. The van der Waals surface area contributed by atoms with E-state index in [2.05, 4.69) is 5.32 Å². The zero-order chi connectivity index (χ0) is 14.5. The Morgan fingerprint density at radius 3 is 2.70 bits per heavy atom. The highest BCUT2D eigenvalue weighted by Crippen LogP contribution is 2.25. The van der Waals surface area contributed by atoms with E-state index in [0.29, 0.717) is 28.0 Å². The molecule has 0 aliphatic carbocycles. The van der Waals surface area contributed by atoms with Crippen LogP contribution in [0.15, 0.2) is 42.5 Å². The van der Waals surface area contributed by atoms with Crippen LogP contribution in [0.3, 0.4) is 0 Å². The average Bonchev–Trinajstić information content (AvgIpc) is 2.43. The number of ether oxygens (including phenoxy) is 1. The minimum atomic E-state index is -0.326. The fourth-order valence-corrected chi connectivity index (χ4v) is 2.28. The quantitative estimate of drug-likeness (QED) is 0.879. The zero-order valence-corrected chi connectivity index (χ0v) is 12.4. The van der Waals surface area contributed by atoms with Crippen LogP contribution in [-0.4, -0.2) is 13.7 Å². The molecule has 0 saturated carbocycles. The summed E-state index contributed by atoms with van der Waals surface area (Å²) in [6.45, 7) is 0.319. The van der Waals surface area contributed by atoms with Crippen molar-refractivity contribution in [2.24, 2.45) is 0 Å². The first kappa shape index (κ1) is 15.1. The van der Waals surface area contributed by atoms with Gasteiger partial charge >= 0.3 is 0 Å². The molecule has 1 unspecified atom stereocenters. The van der Waals surface area contributed by atoms with Crippen molar-refractivity contribution in [2.45, 2.75) is 6.04 Å². The van der Waals surface area contributed by atoms with Crippen LogP contribution >= 0.6 is 23.2 Å². The maximum atomic E-state index is 13.3. The summed E-state index contributed by atoms with van der Waals surface area (Å²) in [7, 11) is 1.77. The van der Waals surface area contributed by atoms with Gasteiger partial charge < -0.3 is 10.1 Å². The van der Waals surface area contributed by atoms with E-state index in [1.54, 1.807) is 25.2 Å². The molecule has 0 aliphatic heterocycles. The van der Waals surface area contributed by atoms with Gasteiger partial charge in [0.2, 0.25) is 0 Å². The van der Waals surface area contributed by atoms with Crippen molar-refractivity contribution in [1.29, 1.82) is 0 Å². The molecule has 0 fully saturated rings. The number of benzene rings is 2. The van der Waals surface area contributed by atoms with Crippen molar-refractivity contribution in [3.8, 4) is 5.75 Å². The molecule has 0 aliphatic rings. The number of hydrogen-bond acceptors (Lipinski definition) is 2. The van der Waals surface area contributed by atoms with Crippen molar-refractivity contribution in [1.82, 2.24) is 5.32 Å². The number of rotatable bonds is 5. The Hall–Kier alpha value is -1.29. The van der Waals surface area contributed by atoms with E-state index < -0.39 is 0 Å². The highest BCUT2D eigenvalue weighted by Gasteiger charge is 2.14. The first-order valence-corrected chi connectivity index (χ1v) is 6.86. The topological polar surface area (TPSA) is 21.3 Å². The predicted molar refractivity (Wildman–Crippen MR) is 80.2 cm³/mol. The van der Waals surface area contributed by atoms with Gasteiger partial charge in [0.05, 0.1) is 6.04 Å². The third-order valence-electron chi connectivity index (χ3n) is 2.89. The van der Waals surface area contributed by atoms with Crippen LogP contribution in [0, 0.1) is 5.82 Å². The van der Waals surface area contributed by atoms with Crippen LogP contribution in [0.5, 0.6) is 5.75 Å². The molecule has 0 bridgehead atoms. The molecule has 5 heteroatoms. The van der Waals surface area contributed by atoms with Gasteiger partial charge in [-0.2, -0.15) is 0 Å². The lowest BCUT2D eigenvalue weighted by Crippen LogP contribution is -2.23. The summed E-state index contributed by atoms with van der Waals surface area (Å²) in [5, 5.41) is 4.17. The Morgan fingerprint density at radius 2 is 2.00 bits per heavy atom. The van der Waals surface area contributed by atoms with Crippen LogP contribution < -0.4 is 10.1 Å². The molecule has 0 saturated heterocycles. The maximum absolute atomic E-state index is 13.3. The fraction of sp³-hybridized carbons (Fsp3) is 0.200. The minimum Gasteiger partial charge on any atom is -0.492 e.